The van der Waals surface area contributed by atoms with E-state index in [1.807, 2.05) is 53.9 Å². The Balaban J connectivity index is 1.76. The van der Waals surface area contributed by atoms with Gasteiger partial charge >= 0.3 is 11.9 Å². The number of aromatic nitrogens is 1. The van der Waals surface area contributed by atoms with Gasteiger partial charge in [0, 0.05) is 34.0 Å². The third kappa shape index (κ3) is 4.87. The molecule has 0 radical (unpaired) electrons. The average Bonchev–Trinajstić information content (AvgIpc) is 3.36. The van der Waals surface area contributed by atoms with E-state index in [2.05, 4.69) is 10.3 Å². The Kier molecular flexibility index (Phi) is 7.49. The molecule has 3 aromatic rings. The van der Waals surface area contributed by atoms with Crippen molar-refractivity contribution in [3.63, 3.8) is 0 Å². The molecule has 2 aromatic carbocycles. The number of hydrogen-bond acceptors (Lipinski definition) is 9. The zero-order chi connectivity index (χ0) is 25.8. The second-order valence-corrected chi connectivity index (χ2v) is 9.06. The molecule has 0 aliphatic carbocycles. The predicted molar refractivity (Wildman–Crippen MR) is 140 cm³/mol. The normalized spacial score (nSPS) is 17.3. The third-order valence-electron chi connectivity index (χ3n) is 6.10. The number of para-hydroxylation sites is 1. The van der Waals surface area contributed by atoms with Crippen molar-refractivity contribution in [3.8, 4) is 17.0 Å². The molecule has 0 spiro atoms. The molecule has 1 aliphatic heterocycles. The SMILES string of the molecule is COC(=O)C1=C(C)N=C(C)C(C(=O)OC)C1c1ccccc1Nc1nc(-c2cccc(OC)c2)cs1. The summed E-state index contributed by atoms with van der Waals surface area (Å²) in [5.74, 6) is -1.68. The van der Waals surface area contributed by atoms with E-state index in [0.717, 1.165) is 22.6 Å². The van der Waals surface area contributed by atoms with Gasteiger partial charge in [-0.25, -0.2) is 9.78 Å². The zero-order valence-electron chi connectivity index (χ0n) is 20.7. The van der Waals surface area contributed by atoms with Crippen LogP contribution in [0.2, 0.25) is 0 Å². The van der Waals surface area contributed by atoms with E-state index < -0.39 is 23.8 Å². The van der Waals surface area contributed by atoms with Crippen molar-refractivity contribution >= 4 is 39.8 Å². The summed E-state index contributed by atoms with van der Waals surface area (Å²) in [5.41, 5.74) is 4.59. The number of nitrogens with one attached hydrogen (secondary N) is 1. The van der Waals surface area contributed by atoms with E-state index >= 15 is 0 Å². The van der Waals surface area contributed by atoms with Crippen LogP contribution in [0.5, 0.6) is 5.75 Å². The second kappa shape index (κ2) is 10.7. The minimum Gasteiger partial charge on any atom is -0.497 e. The summed E-state index contributed by atoms with van der Waals surface area (Å²) in [6, 6.07) is 15.2. The van der Waals surface area contributed by atoms with Crippen LogP contribution in [0.1, 0.15) is 25.3 Å². The summed E-state index contributed by atoms with van der Waals surface area (Å²) in [4.78, 5) is 35.0. The summed E-state index contributed by atoms with van der Waals surface area (Å²) < 4.78 is 15.5. The largest absolute Gasteiger partial charge is 0.497 e. The molecular formula is C27H27N3O5S. The number of anilines is 2. The Hall–Kier alpha value is -3.98. The summed E-state index contributed by atoms with van der Waals surface area (Å²) >= 11 is 1.45. The minimum absolute atomic E-state index is 0.323. The molecule has 0 saturated heterocycles. The lowest BCUT2D eigenvalue weighted by Gasteiger charge is -2.32. The van der Waals surface area contributed by atoms with Crippen LogP contribution in [-0.4, -0.2) is 44.0 Å². The lowest BCUT2D eigenvalue weighted by molar-refractivity contribution is -0.143. The lowest BCUT2D eigenvalue weighted by Crippen LogP contribution is -2.36. The molecule has 36 heavy (non-hydrogen) atoms. The molecule has 1 aliphatic rings. The van der Waals surface area contributed by atoms with E-state index in [0.29, 0.717) is 27.8 Å². The van der Waals surface area contributed by atoms with E-state index in [1.54, 1.807) is 21.0 Å². The zero-order valence-corrected chi connectivity index (χ0v) is 21.5. The minimum atomic E-state index is -0.778. The number of carbonyl (C=O) groups excluding carboxylic acids is 2. The van der Waals surface area contributed by atoms with Crippen molar-refractivity contribution in [1.82, 2.24) is 4.98 Å². The highest BCUT2D eigenvalue weighted by Crippen LogP contribution is 2.43. The molecule has 9 heteroatoms. The Morgan fingerprint density at radius 3 is 2.50 bits per heavy atom. The number of ether oxygens (including phenoxy) is 3. The van der Waals surface area contributed by atoms with Crippen molar-refractivity contribution in [2.75, 3.05) is 26.6 Å². The first kappa shape index (κ1) is 25.1. The monoisotopic (exact) mass is 505 g/mol. The second-order valence-electron chi connectivity index (χ2n) is 8.20. The fourth-order valence-corrected chi connectivity index (χ4v) is 5.16. The number of methoxy groups -OCH3 is 3. The molecule has 1 N–H and O–H groups in total. The van der Waals surface area contributed by atoms with E-state index in [9.17, 15) is 9.59 Å². The van der Waals surface area contributed by atoms with Crippen LogP contribution in [-0.2, 0) is 19.1 Å². The predicted octanol–water partition coefficient (Wildman–Crippen LogP) is 5.36. The highest BCUT2D eigenvalue weighted by molar-refractivity contribution is 7.14. The van der Waals surface area contributed by atoms with Gasteiger partial charge in [-0.1, -0.05) is 30.3 Å². The maximum atomic E-state index is 12.9. The van der Waals surface area contributed by atoms with Crippen LogP contribution < -0.4 is 10.1 Å². The number of esters is 2. The first-order valence-electron chi connectivity index (χ1n) is 11.3. The van der Waals surface area contributed by atoms with Gasteiger partial charge in [0.2, 0.25) is 0 Å². The topological polar surface area (TPSA) is 99.1 Å². The third-order valence-corrected chi connectivity index (χ3v) is 6.85. The average molecular weight is 506 g/mol. The number of benzene rings is 2. The number of rotatable bonds is 7. The Labute approximate surface area is 213 Å². The fraction of sp³-hybridized carbons (Fsp3) is 0.259. The van der Waals surface area contributed by atoms with E-state index in [1.165, 1.54) is 25.6 Å². The smallest absolute Gasteiger partial charge is 0.336 e. The van der Waals surface area contributed by atoms with Crippen LogP contribution in [0, 0.1) is 5.92 Å². The molecule has 0 fully saturated rings. The Morgan fingerprint density at radius 2 is 1.78 bits per heavy atom. The van der Waals surface area contributed by atoms with Crippen molar-refractivity contribution < 1.29 is 23.8 Å². The molecule has 1 aromatic heterocycles. The number of hydrogen-bond donors (Lipinski definition) is 1. The quantitative estimate of drug-likeness (QED) is 0.432. The molecule has 186 valence electrons. The van der Waals surface area contributed by atoms with Gasteiger partial charge in [0.05, 0.1) is 32.6 Å². The van der Waals surface area contributed by atoms with Crippen molar-refractivity contribution in [2.45, 2.75) is 19.8 Å². The first-order chi connectivity index (χ1) is 17.4. The molecule has 8 nitrogen and oxygen atoms in total. The first-order valence-corrected chi connectivity index (χ1v) is 12.1. The van der Waals surface area contributed by atoms with Crippen LogP contribution in [0.25, 0.3) is 11.3 Å². The van der Waals surface area contributed by atoms with Gasteiger partial charge in [-0.2, -0.15) is 0 Å². The molecule has 0 amide bonds. The standard InChI is InChI=1S/C27H27N3O5S/c1-15-22(25(31)34-4)24(23(16(2)28-15)26(32)35-5)19-11-6-7-12-20(19)29-27-30-21(14-36-27)17-9-8-10-18(13-17)33-3/h6-14,22,24H,1-5H3,(H,29,30). The molecule has 2 unspecified atom stereocenters. The van der Waals surface area contributed by atoms with Gasteiger partial charge in [0.25, 0.3) is 0 Å². The van der Waals surface area contributed by atoms with Crippen molar-refractivity contribution in [1.29, 1.82) is 0 Å². The lowest BCUT2D eigenvalue weighted by atomic mass is 9.75. The Bertz CT molecular complexity index is 1360. The number of carbonyl (C=O) groups is 2. The molecular weight excluding hydrogens is 478 g/mol. The molecule has 0 saturated carbocycles. The van der Waals surface area contributed by atoms with Gasteiger partial charge < -0.3 is 19.5 Å². The van der Waals surface area contributed by atoms with E-state index in [-0.39, 0.29) is 0 Å². The van der Waals surface area contributed by atoms with Crippen LogP contribution in [0.15, 0.2) is 70.2 Å². The number of thiazole rings is 1. The maximum absolute atomic E-state index is 12.9. The van der Waals surface area contributed by atoms with Crippen LogP contribution in [0.4, 0.5) is 10.8 Å². The number of nitrogens with zero attached hydrogens (tertiary/aromatic N) is 2. The molecule has 2 heterocycles. The van der Waals surface area contributed by atoms with Crippen molar-refractivity contribution in [3.05, 3.63) is 70.7 Å². The van der Waals surface area contributed by atoms with Gasteiger partial charge in [-0.3, -0.25) is 9.79 Å². The summed E-state index contributed by atoms with van der Waals surface area (Å²) in [6.45, 7) is 3.51. The van der Waals surface area contributed by atoms with E-state index in [4.69, 9.17) is 19.2 Å². The van der Waals surface area contributed by atoms with Gasteiger partial charge in [-0.15, -0.1) is 11.3 Å². The summed E-state index contributed by atoms with van der Waals surface area (Å²) in [5, 5.41) is 6.00. The molecule has 0 bridgehead atoms. The Morgan fingerprint density at radius 1 is 1.00 bits per heavy atom. The summed E-state index contributed by atoms with van der Waals surface area (Å²) in [6.07, 6.45) is 0. The van der Waals surface area contributed by atoms with Gasteiger partial charge in [0.15, 0.2) is 5.13 Å². The molecule has 4 rings (SSSR count). The van der Waals surface area contributed by atoms with Crippen LogP contribution in [0.3, 0.4) is 0 Å². The maximum Gasteiger partial charge on any atom is 0.336 e. The highest BCUT2D eigenvalue weighted by Gasteiger charge is 2.43. The number of allylic oxidation sites excluding steroid dienone is 1. The number of aliphatic imine (C=N–C) groups is 1. The molecule has 2 atom stereocenters. The fourth-order valence-electron chi connectivity index (χ4n) is 4.42. The van der Waals surface area contributed by atoms with Crippen LogP contribution >= 0.6 is 11.3 Å². The summed E-state index contributed by atoms with van der Waals surface area (Å²) in [7, 11) is 4.27. The van der Waals surface area contributed by atoms with Gasteiger partial charge in [-0.05, 0) is 37.6 Å². The van der Waals surface area contributed by atoms with Gasteiger partial charge in [0.1, 0.15) is 11.7 Å². The van der Waals surface area contributed by atoms with Crippen molar-refractivity contribution in [2.24, 2.45) is 10.9 Å². The highest BCUT2D eigenvalue weighted by atomic mass is 32.1.